The Morgan fingerprint density at radius 2 is 2.44 bits per heavy atom. The average Bonchev–Trinajstić information content (AvgIpc) is 2.86. The van der Waals surface area contributed by atoms with Gasteiger partial charge in [-0.3, -0.25) is 4.90 Å². The number of nitrogens with one attached hydrogen (secondary N) is 1. The van der Waals surface area contributed by atoms with Crippen LogP contribution >= 0.6 is 0 Å². The van der Waals surface area contributed by atoms with E-state index in [9.17, 15) is 0 Å². The molecule has 1 aromatic heterocycles. The quantitative estimate of drug-likeness (QED) is 0.608. The third-order valence-corrected chi connectivity index (χ3v) is 3.72. The highest BCUT2D eigenvalue weighted by atomic mass is 15.3. The number of nitrogens with zero attached hydrogens (tertiary/aromatic N) is 3. The van der Waals surface area contributed by atoms with Crippen molar-refractivity contribution in [3.05, 3.63) is 18.3 Å². The first-order chi connectivity index (χ1) is 8.74. The summed E-state index contributed by atoms with van der Waals surface area (Å²) in [5.74, 6) is 6.09. The summed E-state index contributed by atoms with van der Waals surface area (Å²) in [5, 5.41) is 0. The number of nitrogens with two attached hydrogens (primary N) is 1. The second-order valence-electron chi connectivity index (χ2n) is 4.85. The Morgan fingerprint density at radius 3 is 3.17 bits per heavy atom. The van der Waals surface area contributed by atoms with E-state index < -0.39 is 0 Å². The van der Waals surface area contributed by atoms with Crippen molar-refractivity contribution in [2.24, 2.45) is 5.84 Å². The van der Waals surface area contributed by atoms with Crippen LogP contribution in [0.15, 0.2) is 18.3 Å². The zero-order chi connectivity index (χ0) is 13.0. The van der Waals surface area contributed by atoms with Crippen LogP contribution in [-0.2, 0) is 0 Å². The fraction of sp³-hybridized carbons (Fsp3) is 0.615. The lowest BCUT2D eigenvalue weighted by Gasteiger charge is -2.29. The number of hydrogen-bond acceptors (Lipinski definition) is 5. The Kier molecular flexibility index (Phi) is 4.38. The fourth-order valence-electron chi connectivity index (χ4n) is 2.68. The first-order valence-corrected chi connectivity index (χ1v) is 6.62. The SMILES string of the molecule is CCN1CCCC1CN(C)c1ccnc(NN)c1. The average molecular weight is 249 g/mol. The molecule has 3 N–H and O–H groups in total. The first kappa shape index (κ1) is 13.1. The lowest BCUT2D eigenvalue weighted by Crippen LogP contribution is -2.38. The Morgan fingerprint density at radius 1 is 1.61 bits per heavy atom. The van der Waals surface area contributed by atoms with Gasteiger partial charge in [0, 0.05) is 37.6 Å². The summed E-state index contributed by atoms with van der Waals surface area (Å²) in [6.45, 7) is 5.68. The van der Waals surface area contributed by atoms with Gasteiger partial charge in [-0.25, -0.2) is 10.8 Å². The van der Waals surface area contributed by atoms with Gasteiger partial charge in [0.2, 0.25) is 0 Å². The van der Waals surface area contributed by atoms with E-state index in [0.29, 0.717) is 11.9 Å². The molecule has 1 unspecified atom stereocenters. The number of nitrogen functional groups attached to an aromatic ring is 1. The van der Waals surface area contributed by atoms with E-state index in [4.69, 9.17) is 5.84 Å². The summed E-state index contributed by atoms with van der Waals surface area (Å²) >= 11 is 0. The summed E-state index contributed by atoms with van der Waals surface area (Å²) in [4.78, 5) is 8.96. The Balaban J connectivity index is 2.00. The monoisotopic (exact) mass is 249 g/mol. The predicted octanol–water partition coefficient (Wildman–Crippen LogP) is 1.29. The van der Waals surface area contributed by atoms with Crippen LogP contribution in [0, 0.1) is 0 Å². The van der Waals surface area contributed by atoms with Gasteiger partial charge in [-0.05, 0) is 32.0 Å². The minimum atomic E-state index is 0.669. The van der Waals surface area contributed by atoms with Gasteiger partial charge in [0.05, 0.1) is 0 Å². The maximum atomic E-state index is 5.39. The summed E-state index contributed by atoms with van der Waals surface area (Å²) in [7, 11) is 2.13. The van der Waals surface area contributed by atoms with Gasteiger partial charge in [0.25, 0.3) is 0 Å². The molecule has 0 aromatic carbocycles. The van der Waals surface area contributed by atoms with E-state index in [2.05, 4.69) is 34.2 Å². The molecule has 1 atom stereocenters. The number of hydrazine groups is 1. The molecule has 0 bridgehead atoms. The third-order valence-electron chi connectivity index (χ3n) is 3.72. The number of likely N-dealkylation sites (N-methyl/N-ethyl adjacent to an activating group) is 2. The minimum absolute atomic E-state index is 0.669. The van der Waals surface area contributed by atoms with Crippen molar-refractivity contribution >= 4 is 11.5 Å². The molecule has 2 heterocycles. The first-order valence-electron chi connectivity index (χ1n) is 6.62. The van der Waals surface area contributed by atoms with E-state index >= 15 is 0 Å². The highest BCUT2D eigenvalue weighted by Crippen LogP contribution is 2.21. The van der Waals surface area contributed by atoms with Gasteiger partial charge in [0.1, 0.15) is 5.82 Å². The number of rotatable bonds is 5. The van der Waals surface area contributed by atoms with Crippen LogP contribution in [0.2, 0.25) is 0 Å². The normalized spacial score (nSPS) is 20.1. The second kappa shape index (κ2) is 6.02. The van der Waals surface area contributed by atoms with Gasteiger partial charge < -0.3 is 10.3 Å². The Bertz CT molecular complexity index is 381. The molecule has 0 aliphatic carbocycles. The smallest absolute Gasteiger partial charge is 0.141 e. The molecule has 1 saturated heterocycles. The van der Waals surface area contributed by atoms with Gasteiger partial charge in [0.15, 0.2) is 0 Å². The number of hydrogen-bond donors (Lipinski definition) is 2. The number of pyridine rings is 1. The van der Waals surface area contributed by atoms with Gasteiger partial charge in [-0.1, -0.05) is 6.92 Å². The summed E-state index contributed by atoms with van der Waals surface area (Å²) in [5.41, 5.74) is 3.74. The standard InChI is InChI=1S/C13H23N5/c1-3-18-8-4-5-12(18)10-17(2)11-6-7-15-13(9-11)16-14/h6-7,9,12H,3-5,8,10,14H2,1-2H3,(H,15,16). The molecular formula is C13H23N5. The summed E-state index contributed by atoms with van der Waals surface area (Å²) in [6.07, 6.45) is 4.40. The molecule has 1 aliphatic heterocycles. The zero-order valence-corrected chi connectivity index (χ0v) is 11.3. The van der Waals surface area contributed by atoms with Gasteiger partial charge >= 0.3 is 0 Å². The van der Waals surface area contributed by atoms with Crippen LogP contribution in [0.25, 0.3) is 0 Å². The van der Waals surface area contributed by atoms with Crippen molar-refractivity contribution in [1.82, 2.24) is 9.88 Å². The van der Waals surface area contributed by atoms with Crippen LogP contribution in [-0.4, -0.2) is 42.6 Å². The number of anilines is 2. The highest BCUT2D eigenvalue weighted by Gasteiger charge is 2.24. The lowest BCUT2D eigenvalue weighted by molar-refractivity contribution is 0.270. The van der Waals surface area contributed by atoms with E-state index in [0.717, 1.165) is 18.8 Å². The zero-order valence-electron chi connectivity index (χ0n) is 11.3. The number of likely N-dealkylation sites (tertiary alicyclic amines) is 1. The second-order valence-corrected chi connectivity index (χ2v) is 4.85. The predicted molar refractivity (Wildman–Crippen MR) is 75.6 cm³/mol. The van der Waals surface area contributed by atoms with Gasteiger partial charge in [-0.15, -0.1) is 0 Å². The third kappa shape index (κ3) is 2.91. The molecule has 5 nitrogen and oxygen atoms in total. The lowest BCUT2D eigenvalue weighted by atomic mass is 10.2. The van der Waals surface area contributed by atoms with Crippen LogP contribution in [0.4, 0.5) is 11.5 Å². The number of aromatic nitrogens is 1. The molecule has 5 heteroatoms. The van der Waals surface area contributed by atoms with E-state index in [1.54, 1.807) is 6.20 Å². The van der Waals surface area contributed by atoms with Crippen molar-refractivity contribution in [3.63, 3.8) is 0 Å². The molecule has 18 heavy (non-hydrogen) atoms. The molecule has 2 rings (SSSR count). The van der Waals surface area contributed by atoms with Crippen molar-refractivity contribution in [2.45, 2.75) is 25.8 Å². The van der Waals surface area contributed by atoms with Crippen LogP contribution in [0.3, 0.4) is 0 Å². The van der Waals surface area contributed by atoms with E-state index in [1.807, 2.05) is 12.1 Å². The van der Waals surface area contributed by atoms with Crippen molar-refractivity contribution < 1.29 is 0 Å². The molecule has 1 fully saturated rings. The topological polar surface area (TPSA) is 57.4 Å². The van der Waals surface area contributed by atoms with E-state index in [-0.39, 0.29) is 0 Å². The Labute approximate surface area is 109 Å². The van der Waals surface area contributed by atoms with Crippen LogP contribution in [0.1, 0.15) is 19.8 Å². The summed E-state index contributed by atoms with van der Waals surface area (Å²) in [6, 6.07) is 4.67. The molecule has 0 spiro atoms. The Hall–Kier alpha value is -1.33. The highest BCUT2D eigenvalue weighted by molar-refractivity contribution is 5.53. The molecule has 100 valence electrons. The maximum Gasteiger partial charge on any atom is 0.141 e. The minimum Gasteiger partial charge on any atom is -0.373 e. The van der Waals surface area contributed by atoms with Gasteiger partial charge in [-0.2, -0.15) is 0 Å². The van der Waals surface area contributed by atoms with Crippen LogP contribution < -0.4 is 16.2 Å². The molecular weight excluding hydrogens is 226 g/mol. The van der Waals surface area contributed by atoms with E-state index in [1.165, 1.54) is 19.4 Å². The molecule has 1 aliphatic rings. The fourth-order valence-corrected chi connectivity index (χ4v) is 2.68. The molecule has 1 aromatic rings. The van der Waals surface area contributed by atoms with Crippen molar-refractivity contribution in [1.29, 1.82) is 0 Å². The summed E-state index contributed by atoms with van der Waals surface area (Å²) < 4.78 is 0. The van der Waals surface area contributed by atoms with Crippen molar-refractivity contribution in [2.75, 3.05) is 37.0 Å². The maximum absolute atomic E-state index is 5.39. The van der Waals surface area contributed by atoms with Crippen molar-refractivity contribution in [3.8, 4) is 0 Å². The largest absolute Gasteiger partial charge is 0.373 e. The molecule has 0 saturated carbocycles. The molecule has 0 radical (unpaired) electrons. The van der Waals surface area contributed by atoms with Crippen LogP contribution in [0.5, 0.6) is 0 Å². The molecule has 0 amide bonds.